The van der Waals surface area contributed by atoms with E-state index in [0.717, 1.165) is 55.4 Å². The number of anilines is 4. The molecule has 178 valence electrons. The lowest BCUT2D eigenvalue weighted by Gasteiger charge is -2.16. The highest BCUT2D eigenvalue weighted by molar-refractivity contribution is 6.06. The number of hydrogen-bond donors (Lipinski definition) is 3. The first kappa shape index (κ1) is 21.9. The van der Waals surface area contributed by atoms with E-state index in [1.54, 1.807) is 13.4 Å². The maximum Gasteiger partial charge on any atom is 0.234 e. The number of amides is 1. The van der Waals surface area contributed by atoms with Gasteiger partial charge in [0.15, 0.2) is 0 Å². The van der Waals surface area contributed by atoms with Crippen LogP contribution < -0.4 is 16.0 Å². The molecule has 5 aromatic rings. The van der Waals surface area contributed by atoms with Gasteiger partial charge in [-0.15, -0.1) is 0 Å². The first-order valence-electron chi connectivity index (χ1n) is 11.8. The fraction of sp³-hybridized carbons (Fsp3) is 0.179. The van der Waals surface area contributed by atoms with Crippen molar-refractivity contribution < 1.29 is 4.79 Å². The minimum atomic E-state index is -0.540. The predicted molar refractivity (Wildman–Crippen MR) is 144 cm³/mol. The molecule has 3 heterocycles. The summed E-state index contributed by atoms with van der Waals surface area (Å²) in [6, 6.07) is 16.2. The molecule has 0 fully saturated rings. The maximum absolute atomic E-state index is 12.4. The molecule has 0 radical (unpaired) electrons. The van der Waals surface area contributed by atoms with Gasteiger partial charge < -0.3 is 16.0 Å². The van der Waals surface area contributed by atoms with Crippen LogP contribution in [0.25, 0.3) is 32.9 Å². The molecule has 8 heteroatoms. The summed E-state index contributed by atoms with van der Waals surface area (Å²) in [5.41, 5.74) is 7.05. The van der Waals surface area contributed by atoms with E-state index in [9.17, 15) is 4.79 Å². The Morgan fingerprint density at radius 2 is 1.83 bits per heavy atom. The van der Waals surface area contributed by atoms with Gasteiger partial charge >= 0.3 is 0 Å². The summed E-state index contributed by atoms with van der Waals surface area (Å²) in [4.78, 5) is 30.4. The Morgan fingerprint density at radius 1 is 0.972 bits per heavy atom. The number of carbonyl (C=O) groups is 1. The third-order valence-corrected chi connectivity index (χ3v) is 6.88. The summed E-state index contributed by atoms with van der Waals surface area (Å²) in [6.07, 6.45) is 3.41. The second-order valence-electron chi connectivity index (χ2n) is 9.56. The van der Waals surface area contributed by atoms with E-state index in [2.05, 4.69) is 61.0 Å². The van der Waals surface area contributed by atoms with Crippen molar-refractivity contribution in [1.29, 1.82) is 0 Å². The van der Waals surface area contributed by atoms with Crippen LogP contribution in [0.4, 0.5) is 23.1 Å². The molecule has 0 aliphatic carbocycles. The smallest absolute Gasteiger partial charge is 0.234 e. The molecule has 2 aromatic heterocycles. The van der Waals surface area contributed by atoms with Crippen molar-refractivity contribution >= 4 is 50.9 Å². The lowest BCUT2D eigenvalue weighted by atomic mass is 9.86. The van der Waals surface area contributed by atoms with Crippen LogP contribution in [0, 0.1) is 6.92 Å². The largest absolute Gasteiger partial charge is 0.357 e. The first-order chi connectivity index (χ1) is 17.3. The van der Waals surface area contributed by atoms with Gasteiger partial charge in [0.05, 0.1) is 16.4 Å². The summed E-state index contributed by atoms with van der Waals surface area (Å²) in [6.45, 7) is 5.95. The van der Waals surface area contributed by atoms with Crippen LogP contribution >= 0.6 is 0 Å². The molecule has 0 bridgehead atoms. The Bertz CT molecular complexity index is 1690. The van der Waals surface area contributed by atoms with Gasteiger partial charge in [-0.2, -0.15) is 0 Å². The van der Waals surface area contributed by atoms with Crippen molar-refractivity contribution in [3.63, 3.8) is 0 Å². The van der Waals surface area contributed by atoms with Crippen molar-refractivity contribution in [2.75, 3.05) is 23.0 Å². The van der Waals surface area contributed by atoms with Gasteiger partial charge in [-0.3, -0.25) is 4.79 Å². The Balaban J connectivity index is 1.43. The average molecular weight is 476 g/mol. The minimum Gasteiger partial charge on any atom is -0.357 e. The molecular formula is C28H25N7O. The number of aromatic nitrogens is 4. The van der Waals surface area contributed by atoms with Crippen LogP contribution in [-0.2, 0) is 10.2 Å². The molecule has 1 amide bonds. The van der Waals surface area contributed by atoms with Crippen LogP contribution in [0.15, 0.2) is 61.1 Å². The molecule has 3 aromatic carbocycles. The fourth-order valence-corrected chi connectivity index (χ4v) is 4.81. The third kappa shape index (κ3) is 3.41. The molecule has 6 rings (SSSR count). The highest BCUT2D eigenvalue weighted by Gasteiger charge is 2.38. The Hall–Kier alpha value is -4.59. The van der Waals surface area contributed by atoms with E-state index < -0.39 is 5.41 Å². The summed E-state index contributed by atoms with van der Waals surface area (Å²) >= 11 is 0. The standard InChI is InChI=1S/C28H25N7O/c1-15-5-8-19-24(23(15)16-6-10-21-17(11-16)13-30-27(29-4)35-21)31-14-32-25(19)33-18-7-9-20-22(12-18)34-26(36)28(20,2)3/h5-14H,1-4H3,(H,34,36)(H,29,30,35)(H,31,32,33). The molecule has 8 nitrogen and oxygen atoms in total. The van der Waals surface area contributed by atoms with Gasteiger partial charge in [0.25, 0.3) is 0 Å². The van der Waals surface area contributed by atoms with Crippen LogP contribution in [0.5, 0.6) is 0 Å². The number of nitrogens with zero attached hydrogens (tertiary/aromatic N) is 4. The van der Waals surface area contributed by atoms with Crippen molar-refractivity contribution in [3.8, 4) is 11.1 Å². The zero-order valence-corrected chi connectivity index (χ0v) is 20.5. The van der Waals surface area contributed by atoms with E-state index >= 15 is 0 Å². The van der Waals surface area contributed by atoms with Gasteiger partial charge in [-0.05, 0) is 67.8 Å². The monoisotopic (exact) mass is 475 g/mol. The summed E-state index contributed by atoms with van der Waals surface area (Å²) in [5.74, 6) is 1.30. The number of nitrogens with one attached hydrogen (secondary N) is 3. The Labute approximate surface area is 208 Å². The number of rotatable bonds is 4. The van der Waals surface area contributed by atoms with Gasteiger partial charge in [0.2, 0.25) is 11.9 Å². The summed E-state index contributed by atoms with van der Waals surface area (Å²) in [7, 11) is 1.81. The highest BCUT2D eigenvalue weighted by atomic mass is 16.2. The van der Waals surface area contributed by atoms with Crippen LogP contribution in [0.3, 0.4) is 0 Å². The third-order valence-electron chi connectivity index (χ3n) is 6.88. The second-order valence-corrected chi connectivity index (χ2v) is 9.56. The number of aryl methyl sites for hydroxylation is 1. The summed E-state index contributed by atoms with van der Waals surface area (Å²) in [5, 5.41) is 11.3. The molecule has 0 spiro atoms. The number of benzene rings is 3. The fourth-order valence-electron chi connectivity index (χ4n) is 4.81. The molecular weight excluding hydrogens is 450 g/mol. The maximum atomic E-state index is 12.4. The van der Waals surface area contributed by atoms with Gasteiger partial charge in [-0.25, -0.2) is 19.9 Å². The molecule has 0 saturated heterocycles. The van der Waals surface area contributed by atoms with E-state index in [1.807, 2.05) is 50.4 Å². The second kappa shape index (κ2) is 7.98. The first-order valence-corrected chi connectivity index (χ1v) is 11.8. The highest BCUT2D eigenvalue weighted by Crippen LogP contribution is 2.40. The lowest BCUT2D eigenvalue weighted by Crippen LogP contribution is -2.26. The molecule has 0 saturated carbocycles. The quantitative estimate of drug-likeness (QED) is 0.312. The molecule has 3 N–H and O–H groups in total. The topological polar surface area (TPSA) is 105 Å². The Morgan fingerprint density at radius 3 is 2.67 bits per heavy atom. The Kier molecular flexibility index (Phi) is 4.86. The van der Waals surface area contributed by atoms with Crippen molar-refractivity contribution in [2.45, 2.75) is 26.2 Å². The molecule has 1 aliphatic heterocycles. The van der Waals surface area contributed by atoms with Crippen LogP contribution in [0.1, 0.15) is 25.0 Å². The zero-order chi connectivity index (χ0) is 25.0. The van der Waals surface area contributed by atoms with Gasteiger partial charge in [0.1, 0.15) is 12.1 Å². The van der Waals surface area contributed by atoms with E-state index in [0.29, 0.717) is 11.8 Å². The predicted octanol–water partition coefficient (Wildman–Crippen LogP) is 5.56. The van der Waals surface area contributed by atoms with Gasteiger partial charge in [0, 0.05) is 41.0 Å². The van der Waals surface area contributed by atoms with E-state index in [-0.39, 0.29) is 5.91 Å². The van der Waals surface area contributed by atoms with Crippen LogP contribution in [-0.4, -0.2) is 32.9 Å². The van der Waals surface area contributed by atoms with Crippen molar-refractivity contribution in [2.24, 2.45) is 0 Å². The number of hydrogen-bond acceptors (Lipinski definition) is 7. The zero-order valence-electron chi connectivity index (χ0n) is 20.5. The number of carbonyl (C=O) groups excluding carboxylic acids is 1. The van der Waals surface area contributed by atoms with Crippen LogP contribution in [0.2, 0.25) is 0 Å². The van der Waals surface area contributed by atoms with E-state index in [1.165, 1.54) is 0 Å². The molecule has 1 aliphatic rings. The lowest BCUT2D eigenvalue weighted by molar-refractivity contribution is -0.119. The molecule has 0 atom stereocenters. The van der Waals surface area contributed by atoms with Crippen molar-refractivity contribution in [1.82, 2.24) is 19.9 Å². The average Bonchev–Trinajstić information content (AvgIpc) is 3.10. The normalized spacial score (nSPS) is 14.1. The SMILES string of the molecule is CNc1ncc2cc(-c3c(C)ccc4c(Nc5ccc6c(c5)NC(=O)C6(C)C)ncnc34)ccc2n1. The minimum absolute atomic E-state index is 0.00483. The number of fused-ring (bicyclic) bond motifs is 3. The van der Waals surface area contributed by atoms with Gasteiger partial charge in [-0.1, -0.05) is 18.2 Å². The van der Waals surface area contributed by atoms with Crippen molar-refractivity contribution in [3.05, 3.63) is 72.2 Å². The van der Waals surface area contributed by atoms with E-state index in [4.69, 9.17) is 0 Å². The summed E-state index contributed by atoms with van der Waals surface area (Å²) < 4.78 is 0. The molecule has 36 heavy (non-hydrogen) atoms. The molecule has 0 unspecified atom stereocenters.